The van der Waals surface area contributed by atoms with E-state index in [1.807, 2.05) is 30.3 Å². The fourth-order valence-electron chi connectivity index (χ4n) is 4.41. The van der Waals surface area contributed by atoms with Gasteiger partial charge in [-0.1, -0.05) is 41.9 Å². The molecule has 0 bridgehead atoms. The first-order valence-corrected chi connectivity index (χ1v) is 13.6. The van der Waals surface area contributed by atoms with Crippen molar-refractivity contribution in [2.45, 2.75) is 31.4 Å². The van der Waals surface area contributed by atoms with E-state index in [0.717, 1.165) is 25.0 Å². The van der Waals surface area contributed by atoms with Crippen LogP contribution in [0.15, 0.2) is 85.2 Å². The average molecular weight is 573 g/mol. The summed E-state index contributed by atoms with van der Waals surface area (Å²) in [7, 11) is 0. The number of carbonyl (C=O) groups excluding carboxylic acids is 2. The number of hydrogen-bond donors (Lipinski definition) is 2. The maximum atomic E-state index is 13.3. The summed E-state index contributed by atoms with van der Waals surface area (Å²) in [5, 5.41) is 17.5. The third-order valence-corrected chi connectivity index (χ3v) is 6.73. The summed E-state index contributed by atoms with van der Waals surface area (Å²) >= 11 is 6.18. The van der Waals surface area contributed by atoms with Crippen LogP contribution in [-0.2, 0) is 20.7 Å². The van der Waals surface area contributed by atoms with E-state index in [9.17, 15) is 9.59 Å². The number of ether oxygens (including phenoxy) is 2. The van der Waals surface area contributed by atoms with Gasteiger partial charge in [0.15, 0.2) is 0 Å². The molecule has 41 heavy (non-hydrogen) atoms. The Hall–Kier alpha value is -4.54. The van der Waals surface area contributed by atoms with E-state index >= 15 is 0 Å². The van der Waals surface area contributed by atoms with Gasteiger partial charge in [0.2, 0.25) is 11.8 Å². The van der Waals surface area contributed by atoms with Crippen LogP contribution in [0.5, 0.6) is 5.75 Å². The first-order valence-electron chi connectivity index (χ1n) is 13.2. The van der Waals surface area contributed by atoms with E-state index in [1.54, 1.807) is 48.5 Å². The van der Waals surface area contributed by atoms with Gasteiger partial charge in [-0.05, 0) is 77.4 Å². The molecule has 3 aromatic carbocycles. The molecule has 4 aromatic rings. The SMILES string of the molecule is O=C(C=Cc1cc(Cl)ccc1-n1cnnn1)NC(Cc1ccccc1)C(=O)Nc1ccc(OC[C@@H]2CCCO2)cc1. The molecule has 2 N–H and O–H groups in total. The standard InChI is InChI=1S/C30H29ClN6O4/c31-23-9-14-28(37-20-32-35-36-37)22(18-23)8-15-29(38)34-27(17-21-5-2-1-3-6-21)30(39)33-24-10-12-25(13-11-24)41-19-26-7-4-16-40-26/h1-3,5-6,8-15,18,20,26-27H,4,7,16-17,19H2,(H,33,39)(H,34,38)/t26-,27?/m0/s1. The van der Waals surface area contributed by atoms with E-state index < -0.39 is 11.9 Å². The molecule has 1 fully saturated rings. The Balaban J connectivity index is 1.26. The van der Waals surface area contributed by atoms with Gasteiger partial charge < -0.3 is 20.1 Å². The van der Waals surface area contributed by atoms with Gasteiger partial charge in [-0.25, -0.2) is 0 Å². The Bertz CT molecular complexity index is 1470. The fourth-order valence-corrected chi connectivity index (χ4v) is 4.59. The minimum atomic E-state index is -0.830. The van der Waals surface area contributed by atoms with Crippen molar-refractivity contribution in [1.82, 2.24) is 25.5 Å². The minimum Gasteiger partial charge on any atom is -0.491 e. The van der Waals surface area contributed by atoms with Crippen LogP contribution >= 0.6 is 11.6 Å². The highest BCUT2D eigenvalue weighted by atomic mass is 35.5. The zero-order valence-corrected chi connectivity index (χ0v) is 22.9. The molecule has 1 aliphatic heterocycles. The Morgan fingerprint density at radius 1 is 1.12 bits per heavy atom. The number of anilines is 1. The number of benzene rings is 3. The van der Waals surface area contributed by atoms with Crippen LogP contribution in [0.1, 0.15) is 24.0 Å². The van der Waals surface area contributed by atoms with Gasteiger partial charge >= 0.3 is 0 Å². The van der Waals surface area contributed by atoms with Crippen molar-refractivity contribution in [1.29, 1.82) is 0 Å². The van der Waals surface area contributed by atoms with Crippen molar-refractivity contribution in [2.75, 3.05) is 18.5 Å². The maximum absolute atomic E-state index is 13.3. The Labute approximate surface area is 242 Å². The zero-order valence-electron chi connectivity index (χ0n) is 22.2. The molecule has 2 heterocycles. The van der Waals surface area contributed by atoms with Crippen molar-refractivity contribution in [3.8, 4) is 11.4 Å². The second-order valence-corrected chi connectivity index (χ2v) is 9.94. The van der Waals surface area contributed by atoms with Crippen LogP contribution in [-0.4, -0.2) is 57.4 Å². The number of halogens is 1. The summed E-state index contributed by atoms with van der Waals surface area (Å²) in [4.78, 5) is 26.3. The summed E-state index contributed by atoms with van der Waals surface area (Å²) in [5.74, 6) is -0.0952. The summed E-state index contributed by atoms with van der Waals surface area (Å²) in [6.45, 7) is 1.27. The lowest BCUT2D eigenvalue weighted by Gasteiger charge is -2.18. The highest BCUT2D eigenvalue weighted by molar-refractivity contribution is 6.30. The molecular weight excluding hydrogens is 544 g/mol. The molecule has 1 saturated heterocycles. The molecular formula is C30H29ClN6O4. The van der Waals surface area contributed by atoms with Crippen LogP contribution < -0.4 is 15.4 Å². The number of aromatic nitrogens is 4. The normalized spacial score (nSPS) is 15.5. The predicted molar refractivity (Wildman–Crippen MR) is 155 cm³/mol. The molecule has 2 amide bonds. The Morgan fingerprint density at radius 3 is 2.68 bits per heavy atom. The Morgan fingerprint density at radius 2 is 1.95 bits per heavy atom. The van der Waals surface area contributed by atoms with E-state index in [4.69, 9.17) is 21.1 Å². The summed E-state index contributed by atoms with van der Waals surface area (Å²) in [6, 6.07) is 21.0. The van der Waals surface area contributed by atoms with Crippen molar-refractivity contribution >= 4 is 35.2 Å². The molecule has 2 atom stereocenters. The number of hydrogen-bond acceptors (Lipinski definition) is 7. The van der Waals surface area contributed by atoms with E-state index in [-0.39, 0.29) is 12.0 Å². The van der Waals surface area contributed by atoms with Gasteiger partial charge in [-0.3, -0.25) is 9.59 Å². The first kappa shape index (κ1) is 28.0. The lowest BCUT2D eigenvalue weighted by Crippen LogP contribution is -2.44. The van der Waals surface area contributed by atoms with Crippen LogP contribution in [0.4, 0.5) is 5.69 Å². The van der Waals surface area contributed by atoms with E-state index in [2.05, 4.69) is 26.2 Å². The largest absolute Gasteiger partial charge is 0.491 e. The molecule has 0 saturated carbocycles. The smallest absolute Gasteiger partial charge is 0.247 e. The lowest BCUT2D eigenvalue weighted by molar-refractivity contribution is -0.123. The minimum absolute atomic E-state index is 0.121. The zero-order chi connectivity index (χ0) is 28.4. The molecule has 0 radical (unpaired) electrons. The van der Waals surface area contributed by atoms with E-state index in [0.29, 0.717) is 40.7 Å². The molecule has 1 aliphatic rings. The van der Waals surface area contributed by atoms with Crippen LogP contribution in [0.25, 0.3) is 11.8 Å². The third-order valence-electron chi connectivity index (χ3n) is 6.50. The van der Waals surface area contributed by atoms with Gasteiger partial charge in [0.1, 0.15) is 24.7 Å². The van der Waals surface area contributed by atoms with Gasteiger partial charge in [-0.2, -0.15) is 4.68 Å². The first-order chi connectivity index (χ1) is 20.0. The number of amides is 2. The van der Waals surface area contributed by atoms with Crippen LogP contribution in [0, 0.1) is 0 Å². The third kappa shape index (κ3) is 8.00. The predicted octanol–water partition coefficient (Wildman–Crippen LogP) is 4.25. The summed E-state index contributed by atoms with van der Waals surface area (Å²) in [5.41, 5.74) is 2.77. The quantitative estimate of drug-likeness (QED) is 0.258. The topological polar surface area (TPSA) is 120 Å². The van der Waals surface area contributed by atoms with Gasteiger partial charge in [0.25, 0.3) is 0 Å². The molecule has 210 valence electrons. The van der Waals surface area contributed by atoms with Crippen molar-refractivity contribution in [3.63, 3.8) is 0 Å². The fraction of sp³-hybridized carbons (Fsp3) is 0.233. The van der Waals surface area contributed by atoms with Gasteiger partial charge in [-0.15, -0.1) is 5.10 Å². The summed E-state index contributed by atoms with van der Waals surface area (Å²) in [6.07, 6.45) is 6.88. The molecule has 10 nitrogen and oxygen atoms in total. The molecule has 1 unspecified atom stereocenters. The maximum Gasteiger partial charge on any atom is 0.247 e. The highest BCUT2D eigenvalue weighted by Gasteiger charge is 2.21. The second kappa shape index (κ2) is 13.7. The summed E-state index contributed by atoms with van der Waals surface area (Å²) < 4.78 is 12.9. The van der Waals surface area contributed by atoms with Crippen LogP contribution in [0.2, 0.25) is 5.02 Å². The van der Waals surface area contributed by atoms with Gasteiger partial charge in [0.05, 0.1) is 11.8 Å². The molecule has 1 aromatic heterocycles. The molecule has 0 aliphatic carbocycles. The average Bonchev–Trinajstić information content (AvgIpc) is 3.71. The number of nitrogens with zero attached hydrogens (tertiary/aromatic N) is 4. The van der Waals surface area contributed by atoms with Gasteiger partial charge in [0, 0.05) is 35.4 Å². The van der Waals surface area contributed by atoms with Crippen LogP contribution in [0.3, 0.4) is 0 Å². The number of nitrogens with one attached hydrogen (secondary N) is 2. The van der Waals surface area contributed by atoms with Crippen molar-refractivity contribution in [3.05, 3.63) is 101 Å². The van der Waals surface area contributed by atoms with Crippen molar-refractivity contribution < 1.29 is 19.1 Å². The molecule has 5 rings (SSSR count). The van der Waals surface area contributed by atoms with Crippen molar-refractivity contribution in [2.24, 2.45) is 0 Å². The Kier molecular flexibility index (Phi) is 9.35. The lowest BCUT2D eigenvalue weighted by atomic mass is 10.0. The molecule has 11 heteroatoms. The second-order valence-electron chi connectivity index (χ2n) is 9.50. The molecule has 0 spiro atoms. The number of tetrazole rings is 1. The highest BCUT2D eigenvalue weighted by Crippen LogP contribution is 2.21. The monoisotopic (exact) mass is 572 g/mol. The number of rotatable bonds is 11. The van der Waals surface area contributed by atoms with E-state index in [1.165, 1.54) is 17.1 Å². The number of carbonyl (C=O) groups is 2.